The van der Waals surface area contributed by atoms with Gasteiger partial charge in [-0.15, -0.1) is 0 Å². The summed E-state index contributed by atoms with van der Waals surface area (Å²) in [5, 5.41) is 12.9. The Bertz CT molecular complexity index is 807. The van der Waals surface area contributed by atoms with Crippen LogP contribution in [0.5, 0.6) is 0 Å². The molecule has 1 aliphatic rings. The molecule has 122 valence electrons. The van der Waals surface area contributed by atoms with Gasteiger partial charge in [0.25, 0.3) is 10.0 Å². The molecule has 2 aromatic rings. The lowest BCUT2D eigenvalue weighted by Crippen LogP contribution is -2.13. The number of ether oxygens (including phenoxy) is 1. The van der Waals surface area contributed by atoms with Crippen molar-refractivity contribution in [1.29, 1.82) is 0 Å². The van der Waals surface area contributed by atoms with E-state index in [0.717, 1.165) is 6.42 Å². The summed E-state index contributed by atoms with van der Waals surface area (Å²) < 4.78 is 33.9. The van der Waals surface area contributed by atoms with E-state index in [1.165, 1.54) is 36.7 Å². The fraction of sp³-hybridized carbons (Fsp3) is 0.286. The zero-order valence-electron chi connectivity index (χ0n) is 12.0. The van der Waals surface area contributed by atoms with Crippen LogP contribution >= 0.6 is 0 Å². The molecule has 0 saturated carbocycles. The van der Waals surface area contributed by atoms with Crippen molar-refractivity contribution in [1.82, 2.24) is 9.78 Å². The molecule has 1 aromatic carbocycles. The Hall–Kier alpha value is -2.39. The Balaban J connectivity index is 1.77. The van der Waals surface area contributed by atoms with Gasteiger partial charge < -0.3 is 9.84 Å². The quantitative estimate of drug-likeness (QED) is 0.852. The number of anilines is 1. The molecule has 1 aromatic heterocycles. The van der Waals surface area contributed by atoms with Crippen molar-refractivity contribution >= 4 is 21.7 Å². The second kappa shape index (κ2) is 6.01. The number of carboxylic acids is 1. The molecular formula is C14H15N3O5S. The maximum Gasteiger partial charge on any atom is 0.335 e. The SMILES string of the molecule is O=C(O)c1ccc(NS(=O)(=O)c2cnn(C3CCOC3)c2)cc1. The highest BCUT2D eigenvalue weighted by Crippen LogP contribution is 2.21. The molecule has 0 bridgehead atoms. The van der Waals surface area contributed by atoms with Gasteiger partial charge in [-0.1, -0.05) is 0 Å². The molecule has 9 heteroatoms. The van der Waals surface area contributed by atoms with Gasteiger partial charge in [0.05, 0.1) is 24.4 Å². The third kappa shape index (κ3) is 3.35. The Morgan fingerprint density at radius 3 is 2.70 bits per heavy atom. The molecule has 0 spiro atoms. The third-order valence-corrected chi connectivity index (χ3v) is 4.89. The molecular weight excluding hydrogens is 322 g/mol. The van der Waals surface area contributed by atoms with Crippen LogP contribution < -0.4 is 4.72 Å². The maximum absolute atomic E-state index is 12.3. The van der Waals surface area contributed by atoms with Crippen LogP contribution in [-0.2, 0) is 14.8 Å². The van der Waals surface area contributed by atoms with E-state index in [4.69, 9.17) is 9.84 Å². The first kappa shape index (κ1) is 15.5. The number of sulfonamides is 1. The first-order chi connectivity index (χ1) is 11.0. The van der Waals surface area contributed by atoms with Crippen molar-refractivity contribution < 1.29 is 23.1 Å². The number of aromatic nitrogens is 2. The number of benzene rings is 1. The molecule has 3 rings (SSSR count). The normalized spacial score (nSPS) is 18.0. The van der Waals surface area contributed by atoms with Crippen LogP contribution in [0.2, 0.25) is 0 Å². The van der Waals surface area contributed by atoms with Crippen molar-refractivity contribution in [2.75, 3.05) is 17.9 Å². The van der Waals surface area contributed by atoms with Crippen molar-refractivity contribution in [3.05, 3.63) is 42.2 Å². The minimum atomic E-state index is -3.78. The second-order valence-electron chi connectivity index (χ2n) is 5.16. The van der Waals surface area contributed by atoms with Crippen LogP contribution in [0.15, 0.2) is 41.6 Å². The van der Waals surface area contributed by atoms with Gasteiger partial charge in [0, 0.05) is 18.5 Å². The van der Waals surface area contributed by atoms with E-state index in [1.807, 2.05) is 0 Å². The Morgan fingerprint density at radius 1 is 1.35 bits per heavy atom. The molecule has 2 heterocycles. The number of nitrogens with one attached hydrogen (secondary N) is 1. The Morgan fingerprint density at radius 2 is 2.09 bits per heavy atom. The van der Waals surface area contributed by atoms with Gasteiger partial charge in [-0.05, 0) is 30.7 Å². The largest absolute Gasteiger partial charge is 0.478 e. The monoisotopic (exact) mass is 337 g/mol. The van der Waals surface area contributed by atoms with E-state index < -0.39 is 16.0 Å². The van der Waals surface area contributed by atoms with Crippen molar-refractivity contribution in [2.24, 2.45) is 0 Å². The highest BCUT2D eigenvalue weighted by Gasteiger charge is 2.22. The van der Waals surface area contributed by atoms with Gasteiger partial charge >= 0.3 is 5.97 Å². The number of hydrogen-bond donors (Lipinski definition) is 2. The van der Waals surface area contributed by atoms with E-state index in [0.29, 0.717) is 13.2 Å². The lowest BCUT2D eigenvalue weighted by molar-refractivity contribution is 0.0697. The number of carboxylic acid groups (broad SMARTS) is 1. The highest BCUT2D eigenvalue weighted by molar-refractivity contribution is 7.92. The predicted molar refractivity (Wildman–Crippen MR) is 80.9 cm³/mol. The van der Waals surface area contributed by atoms with Gasteiger partial charge in [-0.3, -0.25) is 9.40 Å². The van der Waals surface area contributed by atoms with Crippen LogP contribution in [0.4, 0.5) is 5.69 Å². The molecule has 1 fully saturated rings. The summed E-state index contributed by atoms with van der Waals surface area (Å²) in [6.07, 6.45) is 3.55. The molecule has 23 heavy (non-hydrogen) atoms. The smallest absolute Gasteiger partial charge is 0.335 e. The molecule has 2 N–H and O–H groups in total. The van der Waals surface area contributed by atoms with Crippen LogP contribution in [0.25, 0.3) is 0 Å². The molecule has 0 amide bonds. The number of hydrogen-bond acceptors (Lipinski definition) is 5. The number of aromatic carboxylic acids is 1. The van der Waals surface area contributed by atoms with Crippen molar-refractivity contribution in [3.63, 3.8) is 0 Å². The van der Waals surface area contributed by atoms with Crippen LogP contribution in [0.3, 0.4) is 0 Å². The average molecular weight is 337 g/mol. The standard InChI is InChI=1S/C14H15N3O5S/c18-14(19)10-1-3-11(4-2-10)16-23(20,21)13-7-15-17(8-13)12-5-6-22-9-12/h1-4,7-8,12,16H,5-6,9H2,(H,18,19). The molecule has 0 aliphatic carbocycles. The number of nitrogens with zero attached hydrogens (tertiary/aromatic N) is 2. The van der Waals surface area contributed by atoms with E-state index in [9.17, 15) is 13.2 Å². The first-order valence-corrected chi connectivity index (χ1v) is 8.42. The highest BCUT2D eigenvalue weighted by atomic mass is 32.2. The van der Waals surface area contributed by atoms with Gasteiger partial charge in [-0.25, -0.2) is 13.2 Å². The lowest BCUT2D eigenvalue weighted by Gasteiger charge is -2.08. The molecule has 1 aliphatic heterocycles. The topological polar surface area (TPSA) is 111 Å². The van der Waals surface area contributed by atoms with Gasteiger partial charge in [-0.2, -0.15) is 5.10 Å². The summed E-state index contributed by atoms with van der Waals surface area (Å²) in [6, 6.07) is 5.51. The zero-order chi connectivity index (χ0) is 16.4. The van der Waals surface area contributed by atoms with E-state index in [2.05, 4.69) is 9.82 Å². The van der Waals surface area contributed by atoms with E-state index >= 15 is 0 Å². The van der Waals surface area contributed by atoms with E-state index in [1.54, 1.807) is 4.68 Å². The Kier molecular flexibility index (Phi) is 4.05. The predicted octanol–water partition coefficient (Wildman–Crippen LogP) is 1.34. The summed E-state index contributed by atoms with van der Waals surface area (Å²) in [5.74, 6) is -1.07. The molecule has 8 nitrogen and oxygen atoms in total. The van der Waals surface area contributed by atoms with Crippen molar-refractivity contribution in [3.8, 4) is 0 Å². The molecule has 1 saturated heterocycles. The summed E-state index contributed by atoms with van der Waals surface area (Å²) in [4.78, 5) is 10.8. The zero-order valence-corrected chi connectivity index (χ0v) is 12.9. The average Bonchev–Trinajstić information content (AvgIpc) is 3.19. The number of rotatable bonds is 5. The molecule has 0 radical (unpaired) electrons. The second-order valence-corrected chi connectivity index (χ2v) is 6.84. The minimum Gasteiger partial charge on any atom is -0.478 e. The van der Waals surface area contributed by atoms with Crippen molar-refractivity contribution in [2.45, 2.75) is 17.4 Å². The fourth-order valence-electron chi connectivity index (χ4n) is 2.28. The third-order valence-electron chi connectivity index (χ3n) is 3.55. The van der Waals surface area contributed by atoms with Crippen LogP contribution in [0, 0.1) is 0 Å². The molecule has 1 atom stereocenters. The van der Waals surface area contributed by atoms with Crippen LogP contribution in [0.1, 0.15) is 22.8 Å². The molecule has 1 unspecified atom stereocenters. The van der Waals surface area contributed by atoms with Gasteiger partial charge in [0.1, 0.15) is 4.90 Å². The summed E-state index contributed by atoms with van der Waals surface area (Å²) in [7, 11) is -3.78. The van der Waals surface area contributed by atoms with Gasteiger partial charge in [0.15, 0.2) is 0 Å². The Labute approximate surface area is 132 Å². The first-order valence-electron chi connectivity index (χ1n) is 6.94. The van der Waals surface area contributed by atoms with Gasteiger partial charge in [0.2, 0.25) is 0 Å². The maximum atomic E-state index is 12.3. The van der Waals surface area contributed by atoms with Crippen LogP contribution in [-0.4, -0.2) is 42.5 Å². The minimum absolute atomic E-state index is 0.0479. The summed E-state index contributed by atoms with van der Waals surface area (Å²) in [6.45, 7) is 1.16. The summed E-state index contributed by atoms with van der Waals surface area (Å²) >= 11 is 0. The fourth-order valence-corrected chi connectivity index (χ4v) is 3.28. The van der Waals surface area contributed by atoms with E-state index in [-0.39, 0.29) is 22.2 Å². The number of carbonyl (C=O) groups is 1. The summed E-state index contributed by atoms with van der Waals surface area (Å²) in [5.41, 5.74) is 0.369. The lowest BCUT2D eigenvalue weighted by atomic mass is 10.2.